The van der Waals surface area contributed by atoms with E-state index in [-0.39, 0.29) is 11.9 Å². The van der Waals surface area contributed by atoms with Gasteiger partial charge in [0.15, 0.2) is 0 Å². The Hall–Kier alpha value is -2.71. The van der Waals surface area contributed by atoms with Crippen molar-refractivity contribution in [1.82, 2.24) is 20.6 Å². The number of hydrogen-bond donors (Lipinski definition) is 3. The van der Waals surface area contributed by atoms with Crippen LogP contribution in [0.2, 0.25) is 0 Å². The van der Waals surface area contributed by atoms with Crippen LogP contribution in [-0.2, 0) is 12.8 Å². The lowest BCUT2D eigenvalue weighted by molar-refractivity contribution is 0.0938. The number of fused-ring (bicyclic) bond motifs is 2. The smallest absolute Gasteiger partial charge is 0.263 e. The summed E-state index contributed by atoms with van der Waals surface area (Å²) in [5.41, 5.74) is 10.3. The fraction of sp³-hybridized carbons (Fsp3) is 0.409. The molecule has 0 saturated carbocycles. The van der Waals surface area contributed by atoms with Crippen LogP contribution in [-0.4, -0.2) is 48.1 Å². The Balaban J connectivity index is 1.29. The SMILES string of the molecule is Cc1ccc2c(N)c(C(=O)N[C@H]3CCc4cc(N5CCNCC5)ncc4C3)sc2n1. The van der Waals surface area contributed by atoms with Gasteiger partial charge in [0, 0.05) is 49.5 Å². The van der Waals surface area contributed by atoms with E-state index in [1.165, 1.54) is 22.5 Å². The Kier molecular flexibility index (Phi) is 5.04. The highest BCUT2D eigenvalue weighted by atomic mass is 32.1. The monoisotopic (exact) mass is 422 g/mol. The van der Waals surface area contributed by atoms with Crippen LogP contribution in [0, 0.1) is 6.92 Å². The van der Waals surface area contributed by atoms with Crippen molar-refractivity contribution in [1.29, 1.82) is 0 Å². The molecule has 1 fully saturated rings. The highest BCUT2D eigenvalue weighted by molar-refractivity contribution is 7.21. The fourth-order valence-corrected chi connectivity index (χ4v) is 5.37. The van der Waals surface area contributed by atoms with Gasteiger partial charge in [0.2, 0.25) is 0 Å². The van der Waals surface area contributed by atoms with Crippen molar-refractivity contribution >= 4 is 39.0 Å². The number of hydrogen-bond acceptors (Lipinski definition) is 7. The standard InChI is InChI=1S/C22H26N6OS/c1-13-2-5-17-19(23)20(30-22(17)26-13)21(29)27-16-4-3-14-11-18(25-12-15(14)10-16)28-8-6-24-7-9-28/h2,5,11-12,16,24H,3-4,6-10,23H2,1H3,(H,27,29)/t16-/m0/s1. The lowest BCUT2D eigenvalue weighted by atomic mass is 9.89. The number of nitrogens with zero attached hydrogens (tertiary/aromatic N) is 3. The predicted molar refractivity (Wildman–Crippen MR) is 121 cm³/mol. The average molecular weight is 423 g/mol. The van der Waals surface area contributed by atoms with Crippen molar-refractivity contribution in [3.05, 3.63) is 46.1 Å². The second kappa shape index (κ2) is 7.85. The molecule has 156 valence electrons. The number of carbonyl (C=O) groups is 1. The van der Waals surface area contributed by atoms with E-state index in [0.29, 0.717) is 10.6 Å². The van der Waals surface area contributed by atoms with E-state index in [4.69, 9.17) is 10.7 Å². The van der Waals surface area contributed by atoms with Crippen LogP contribution in [0.4, 0.5) is 11.5 Å². The third-order valence-corrected chi connectivity index (χ3v) is 7.13. The van der Waals surface area contributed by atoms with Gasteiger partial charge in [-0.15, -0.1) is 11.3 Å². The summed E-state index contributed by atoms with van der Waals surface area (Å²) < 4.78 is 0. The summed E-state index contributed by atoms with van der Waals surface area (Å²) in [5.74, 6) is 0.963. The van der Waals surface area contributed by atoms with Gasteiger partial charge in [-0.05, 0) is 55.5 Å². The third-order valence-electron chi connectivity index (χ3n) is 6.01. The quantitative estimate of drug-likeness (QED) is 0.599. The van der Waals surface area contributed by atoms with Crippen molar-refractivity contribution in [3.8, 4) is 0 Å². The second-order valence-electron chi connectivity index (χ2n) is 8.11. The van der Waals surface area contributed by atoms with Crippen molar-refractivity contribution in [2.24, 2.45) is 0 Å². The normalized spacial score (nSPS) is 19.0. The fourth-order valence-electron chi connectivity index (χ4n) is 4.33. The number of nitrogens with two attached hydrogens (primary N) is 1. The maximum atomic E-state index is 12.9. The lowest BCUT2D eigenvalue weighted by Gasteiger charge is -2.30. The van der Waals surface area contributed by atoms with E-state index in [1.807, 2.05) is 25.3 Å². The zero-order valence-corrected chi connectivity index (χ0v) is 17.9. The number of nitrogen functional groups attached to an aromatic ring is 1. The van der Waals surface area contributed by atoms with Crippen LogP contribution in [0.1, 0.15) is 32.9 Å². The van der Waals surface area contributed by atoms with E-state index < -0.39 is 0 Å². The number of pyridine rings is 2. The summed E-state index contributed by atoms with van der Waals surface area (Å²) in [4.78, 5) is 25.8. The minimum atomic E-state index is -0.105. The predicted octanol–water partition coefficient (Wildman–Crippen LogP) is 2.28. The molecule has 2 aliphatic rings. The summed E-state index contributed by atoms with van der Waals surface area (Å²) in [5, 5.41) is 7.42. The molecule has 4 N–H and O–H groups in total. The van der Waals surface area contributed by atoms with Crippen LogP contribution in [0.15, 0.2) is 24.4 Å². The zero-order chi connectivity index (χ0) is 20.7. The Labute approximate surface area is 179 Å². The molecule has 3 aromatic heterocycles. The molecular weight excluding hydrogens is 396 g/mol. The molecule has 1 atom stereocenters. The summed E-state index contributed by atoms with van der Waals surface area (Å²) in [6.45, 7) is 5.94. The summed E-state index contributed by atoms with van der Waals surface area (Å²) in [7, 11) is 0. The Bertz CT molecular complexity index is 1100. The van der Waals surface area contributed by atoms with E-state index in [1.54, 1.807) is 0 Å². The van der Waals surface area contributed by atoms with Crippen molar-refractivity contribution in [2.75, 3.05) is 36.8 Å². The Morgan fingerprint density at radius 1 is 1.30 bits per heavy atom. The molecule has 0 bridgehead atoms. The van der Waals surface area contributed by atoms with Crippen molar-refractivity contribution in [3.63, 3.8) is 0 Å². The summed E-state index contributed by atoms with van der Waals surface area (Å²) >= 11 is 1.37. The number of piperazine rings is 1. The van der Waals surface area contributed by atoms with Gasteiger partial charge in [0.25, 0.3) is 5.91 Å². The minimum Gasteiger partial charge on any atom is -0.397 e. The summed E-state index contributed by atoms with van der Waals surface area (Å²) in [6, 6.07) is 6.19. The number of thiophene rings is 1. The van der Waals surface area contributed by atoms with Crippen LogP contribution in [0.25, 0.3) is 10.2 Å². The van der Waals surface area contributed by atoms with E-state index in [0.717, 1.165) is 67.2 Å². The molecule has 0 unspecified atom stereocenters. The molecule has 1 aliphatic heterocycles. The molecule has 3 aromatic rings. The molecule has 0 aromatic carbocycles. The Morgan fingerprint density at radius 3 is 2.97 bits per heavy atom. The molecule has 4 heterocycles. The van der Waals surface area contributed by atoms with Crippen LogP contribution in [0.5, 0.6) is 0 Å². The number of aromatic nitrogens is 2. The molecule has 1 amide bonds. The van der Waals surface area contributed by atoms with Gasteiger partial charge in [0.05, 0.1) is 5.69 Å². The first-order valence-corrected chi connectivity index (χ1v) is 11.3. The van der Waals surface area contributed by atoms with Gasteiger partial charge in [0.1, 0.15) is 15.5 Å². The second-order valence-corrected chi connectivity index (χ2v) is 9.11. The maximum absolute atomic E-state index is 12.9. The first-order valence-electron chi connectivity index (χ1n) is 10.5. The van der Waals surface area contributed by atoms with E-state index in [2.05, 4.69) is 26.6 Å². The van der Waals surface area contributed by atoms with Crippen LogP contribution < -0.4 is 21.3 Å². The zero-order valence-electron chi connectivity index (χ0n) is 17.1. The molecule has 1 saturated heterocycles. The molecule has 7 nitrogen and oxygen atoms in total. The highest BCUT2D eigenvalue weighted by Crippen LogP contribution is 2.33. The molecule has 0 spiro atoms. The number of nitrogens with one attached hydrogen (secondary N) is 2. The number of amides is 1. The lowest BCUT2D eigenvalue weighted by Crippen LogP contribution is -2.44. The van der Waals surface area contributed by atoms with Gasteiger partial charge in [-0.2, -0.15) is 0 Å². The number of carbonyl (C=O) groups excluding carboxylic acids is 1. The number of aryl methyl sites for hydroxylation is 2. The number of rotatable bonds is 3. The molecular formula is C22H26N6OS. The van der Waals surface area contributed by atoms with Gasteiger partial charge in [-0.1, -0.05) is 0 Å². The van der Waals surface area contributed by atoms with E-state index in [9.17, 15) is 4.79 Å². The molecule has 8 heteroatoms. The maximum Gasteiger partial charge on any atom is 0.263 e. The molecule has 5 rings (SSSR count). The van der Waals surface area contributed by atoms with Crippen molar-refractivity contribution < 1.29 is 4.79 Å². The Morgan fingerprint density at radius 2 is 2.13 bits per heavy atom. The number of anilines is 2. The summed E-state index contributed by atoms with van der Waals surface area (Å²) in [6.07, 6.45) is 4.67. The minimum absolute atomic E-state index is 0.0937. The van der Waals surface area contributed by atoms with Gasteiger partial charge >= 0.3 is 0 Å². The van der Waals surface area contributed by atoms with Gasteiger partial charge < -0.3 is 21.3 Å². The largest absolute Gasteiger partial charge is 0.397 e. The van der Waals surface area contributed by atoms with Crippen LogP contribution in [0.3, 0.4) is 0 Å². The first kappa shape index (κ1) is 19.3. The van der Waals surface area contributed by atoms with Crippen LogP contribution >= 0.6 is 11.3 Å². The molecule has 0 radical (unpaired) electrons. The van der Waals surface area contributed by atoms with Gasteiger partial charge in [-0.25, -0.2) is 9.97 Å². The first-order chi connectivity index (χ1) is 14.6. The van der Waals surface area contributed by atoms with Gasteiger partial charge in [-0.3, -0.25) is 4.79 Å². The van der Waals surface area contributed by atoms with Crippen molar-refractivity contribution in [2.45, 2.75) is 32.2 Å². The average Bonchev–Trinajstić information content (AvgIpc) is 3.09. The topological polar surface area (TPSA) is 96.2 Å². The highest BCUT2D eigenvalue weighted by Gasteiger charge is 2.25. The van der Waals surface area contributed by atoms with E-state index >= 15 is 0 Å². The molecule has 1 aliphatic carbocycles. The molecule has 30 heavy (non-hydrogen) atoms. The third kappa shape index (κ3) is 3.61.